The molecule has 0 rings (SSSR count). The third-order valence-electron chi connectivity index (χ3n) is 10.1. The highest BCUT2D eigenvalue weighted by atomic mass is 14.3. The minimum atomic E-state index is 0.561. The molecule has 0 fully saturated rings. The number of rotatable bonds is 20. The maximum atomic E-state index is 2.58. The topological polar surface area (TPSA) is 0 Å². The lowest BCUT2D eigenvalue weighted by molar-refractivity contribution is 0.214. The van der Waals surface area contributed by atoms with E-state index in [0.29, 0.717) is 5.41 Å². The SMILES string of the molecule is CC[C@](C)(CCC[C@H](C)CC[C@H](C)C(C)C)CC[C@H](C)CC[C@H](C)[C@H](C)CC[C@H](C)C(C)C. The molecule has 0 saturated heterocycles. The number of hydrogen-bond donors (Lipinski definition) is 0. The zero-order valence-electron chi connectivity index (χ0n) is 25.6. The van der Waals surface area contributed by atoms with E-state index in [2.05, 4.69) is 83.1 Å². The first-order valence-electron chi connectivity index (χ1n) is 15.3. The molecule has 0 aliphatic heterocycles. The average Bonchev–Trinajstić information content (AvgIpc) is 2.77. The Labute approximate surface area is 212 Å². The van der Waals surface area contributed by atoms with E-state index in [4.69, 9.17) is 0 Å². The molecule has 0 heteroatoms. The first-order valence-corrected chi connectivity index (χ1v) is 15.3. The Balaban J connectivity index is 4.20. The molecule has 0 aromatic heterocycles. The van der Waals surface area contributed by atoms with E-state index in [9.17, 15) is 0 Å². The Kier molecular flexibility index (Phi) is 17.4. The predicted octanol–water partition coefficient (Wildman–Crippen LogP) is 11.8. The highest BCUT2D eigenvalue weighted by Gasteiger charge is 2.23. The highest BCUT2D eigenvalue weighted by molar-refractivity contribution is 4.75. The van der Waals surface area contributed by atoms with Crippen molar-refractivity contribution in [3.8, 4) is 0 Å². The summed E-state index contributed by atoms with van der Waals surface area (Å²) in [6.07, 6.45) is 17.0. The Morgan fingerprint density at radius 1 is 0.455 bits per heavy atom. The van der Waals surface area contributed by atoms with Crippen LogP contribution in [0.15, 0.2) is 0 Å². The van der Waals surface area contributed by atoms with Crippen molar-refractivity contribution in [1.82, 2.24) is 0 Å². The summed E-state index contributed by atoms with van der Waals surface area (Å²) in [6.45, 7) is 29.4. The minimum Gasteiger partial charge on any atom is -0.0649 e. The molecule has 0 spiro atoms. The molecule has 33 heavy (non-hydrogen) atoms. The van der Waals surface area contributed by atoms with Crippen molar-refractivity contribution in [3.05, 3.63) is 0 Å². The van der Waals surface area contributed by atoms with E-state index in [0.717, 1.165) is 47.3 Å². The summed E-state index contributed by atoms with van der Waals surface area (Å²) >= 11 is 0. The maximum Gasteiger partial charge on any atom is -0.0328 e. The molecule has 0 aliphatic carbocycles. The molecule has 0 nitrogen and oxygen atoms in total. The Morgan fingerprint density at radius 3 is 1.30 bits per heavy atom. The van der Waals surface area contributed by atoms with Crippen LogP contribution in [0.1, 0.15) is 160 Å². The first-order chi connectivity index (χ1) is 15.3. The van der Waals surface area contributed by atoms with E-state index in [1.54, 1.807) is 0 Å². The summed E-state index contributed by atoms with van der Waals surface area (Å²) in [5, 5.41) is 0. The van der Waals surface area contributed by atoms with Gasteiger partial charge in [-0.1, -0.05) is 147 Å². The van der Waals surface area contributed by atoms with Gasteiger partial charge >= 0.3 is 0 Å². The van der Waals surface area contributed by atoms with E-state index in [-0.39, 0.29) is 0 Å². The van der Waals surface area contributed by atoms with Crippen LogP contribution >= 0.6 is 0 Å². The van der Waals surface area contributed by atoms with E-state index in [1.807, 2.05) is 0 Å². The summed E-state index contributed by atoms with van der Waals surface area (Å²) in [5.74, 6) is 6.96. The molecule has 0 unspecified atom stereocenters. The molecule has 0 radical (unpaired) electrons. The van der Waals surface area contributed by atoms with E-state index < -0.39 is 0 Å². The molecule has 0 bridgehead atoms. The molecular weight excluding hydrogens is 396 g/mol. The fourth-order valence-electron chi connectivity index (χ4n) is 5.10. The van der Waals surface area contributed by atoms with Gasteiger partial charge in [-0.25, -0.2) is 0 Å². The van der Waals surface area contributed by atoms with Gasteiger partial charge in [-0.05, 0) is 65.6 Å². The molecule has 0 aromatic rings. The molecule has 0 heterocycles. The van der Waals surface area contributed by atoms with Crippen LogP contribution in [0.4, 0.5) is 0 Å². The van der Waals surface area contributed by atoms with Crippen molar-refractivity contribution in [2.75, 3.05) is 0 Å². The third kappa shape index (κ3) is 15.6. The standard InChI is InChI=1S/C33H68/c1-13-33(12,23-14-15-27(6)16-18-29(8)25(2)3)24-22-28(7)17-19-31(10)32(11)21-20-30(9)26(4)5/h25-32H,13-24H2,1-12H3/t27-,28+,29-,30-,31-,32+,33+/m0/s1. The van der Waals surface area contributed by atoms with Gasteiger partial charge in [0.15, 0.2) is 0 Å². The Morgan fingerprint density at radius 2 is 0.848 bits per heavy atom. The van der Waals surface area contributed by atoms with Gasteiger partial charge in [-0.15, -0.1) is 0 Å². The average molecular weight is 465 g/mol. The normalized spacial score (nSPS) is 19.8. The predicted molar refractivity (Wildman–Crippen MR) is 154 cm³/mol. The van der Waals surface area contributed by atoms with Crippen LogP contribution < -0.4 is 0 Å². The Bertz CT molecular complexity index is 449. The van der Waals surface area contributed by atoms with Gasteiger partial charge in [0.1, 0.15) is 0 Å². The smallest absolute Gasteiger partial charge is 0.0328 e. The quantitative estimate of drug-likeness (QED) is 0.168. The molecule has 0 amide bonds. The van der Waals surface area contributed by atoms with Crippen molar-refractivity contribution in [3.63, 3.8) is 0 Å². The highest BCUT2D eigenvalue weighted by Crippen LogP contribution is 2.37. The lowest BCUT2D eigenvalue weighted by atomic mass is 9.75. The Hall–Kier alpha value is 0. The fraction of sp³-hybridized carbons (Fsp3) is 1.00. The first kappa shape index (κ1) is 33.0. The van der Waals surface area contributed by atoms with Gasteiger partial charge in [0.2, 0.25) is 0 Å². The van der Waals surface area contributed by atoms with Gasteiger partial charge in [0.25, 0.3) is 0 Å². The van der Waals surface area contributed by atoms with Gasteiger partial charge in [0.05, 0.1) is 0 Å². The summed E-state index contributed by atoms with van der Waals surface area (Å²) in [7, 11) is 0. The molecule has 0 aromatic carbocycles. The van der Waals surface area contributed by atoms with E-state index >= 15 is 0 Å². The number of hydrogen-bond acceptors (Lipinski definition) is 0. The second kappa shape index (κ2) is 17.4. The largest absolute Gasteiger partial charge is 0.0649 e. The van der Waals surface area contributed by atoms with Gasteiger partial charge in [0, 0.05) is 0 Å². The van der Waals surface area contributed by atoms with Crippen LogP contribution in [0, 0.1) is 52.8 Å². The minimum absolute atomic E-state index is 0.561. The van der Waals surface area contributed by atoms with Crippen LogP contribution in [0.3, 0.4) is 0 Å². The summed E-state index contributed by atoms with van der Waals surface area (Å²) in [4.78, 5) is 0. The summed E-state index contributed by atoms with van der Waals surface area (Å²) < 4.78 is 0. The van der Waals surface area contributed by atoms with Crippen molar-refractivity contribution in [2.45, 2.75) is 160 Å². The van der Waals surface area contributed by atoms with Gasteiger partial charge in [-0.2, -0.15) is 0 Å². The van der Waals surface area contributed by atoms with Crippen molar-refractivity contribution in [1.29, 1.82) is 0 Å². The maximum absolute atomic E-state index is 2.58. The van der Waals surface area contributed by atoms with Gasteiger partial charge < -0.3 is 0 Å². The van der Waals surface area contributed by atoms with Crippen LogP contribution in [0.25, 0.3) is 0 Å². The molecule has 7 atom stereocenters. The molecular formula is C33H68. The van der Waals surface area contributed by atoms with Crippen molar-refractivity contribution < 1.29 is 0 Å². The lowest BCUT2D eigenvalue weighted by Crippen LogP contribution is -2.18. The van der Waals surface area contributed by atoms with Crippen LogP contribution in [0.2, 0.25) is 0 Å². The molecule has 200 valence electrons. The second-order valence-electron chi connectivity index (χ2n) is 13.9. The van der Waals surface area contributed by atoms with Crippen LogP contribution in [-0.4, -0.2) is 0 Å². The zero-order valence-corrected chi connectivity index (χ0v) is 25.6. The fourth-order valence-corrected chi connectivity index (χ4v) is 5.10. The third-order valence-corrected chi connectivity index (χ3v) is 10.1. The van der Waals surface area contributed by atoms with Crippen molar-refractivity contribution in [2.24, 2.45) is 52.8 Å². The van der Waals surface area contributed by atoms with E-state index in [1.165, 1.54) is 77.0 Å². The molecule has 0 aliphatic rings. The molecule has 0 saturated carbocycles. The summed E-state index contributed by atoms with van der Waals surface area (Å²) in [5.41, 5.74) is 0.561. The van der Waals surface area contributed by atoms with Crippen molar-refractivity contribution >= 4 is 0 Å². The summed E-state index contributed by atoms with van der Waals surface area (Å²) in [6, 6.07) is 0. The van der Waals surface area contributed by atoms with Crippen LogP contribution in [-0.2, 0) is 0 Å². The van der Waals surface area contributed by atoms with Gasteiger partial charge in [-0.3, -0.25) is 0 Å². The zero-order chi connectivity index (χ0) is 25.6. The second-order valence-corrected chi connectivity index (χ2v) is 13.9. The monoisotopic (exact) mass is 465 g/mol. The van der Waals surface area contributed by atoms with Crippen LogP contribution in [0.5, 0.6) is 0 Å². The lowest BCUT2D eigenvalue weighted by Gasteiger charge is -2.31. The molecule has 0 N–H and O–H groups in total.